The number of aliphatic hydroxyl groups is 1. The summed E-state index contributed by atoms with van der Waals surface area (Å²) in [5, 5.41) is 19.9. The van der Waals surface area contributed by atoms with Crippen molar-refractivity contribution in [3.8, 4) is 0 Å². The lowest BCUT2D eigenvalue weighted by Gasteiger charge is -2.39. The summed E-state index contributed by atoms with van der Waals surface area (Å²) in [5.41, 5.74) is -0.0553. The molecule has 0 aromatic heterocycles. The average molecular weight is 460 g/mol. The maximum absolute atomic E-state index is 12.7. The van der Waals surface area contributed by atoms with Crippen LogP contribution in [0.15, 0.2) is 83.0 Å². The molecule has 0 spiro atoms. The Kier molecular flexibility index (Phi) is 4.83. The molecular weight excluding hydrogens is 444 g/mol. The van der Waals surface area contributed by atoms with E-state index in [0.717, 1.165) is 11.5 Å². The van der Waals surface area contributed by atoms with E-state index in [1.807, 2.05) is 0 Å². The summed E-state index contributed by atoms with van der Waals surface area (Å²) in [5.74, 6) is 0. The highest BCUT2D eigenvalue weighted by molar-refractivity contribution is 7.91. The predicted molar refractivity (Wildman–Crippen MR) is 114 cm³/mol. The van der Waals surface area contributed by atoms with Gasteiger partial charge in [-0.2, -0.15) is 27.1 Å². The molecule has 1 aliphatic rings. The predicted octanol–water partition coefficient (Wildman–Crippen LogP) is 3.27. The van der Waals surface area contributed by atoms with Crippen LogP contribution in [0.2, 0.25) is 0 Å². The number of hydrogen-bond donors (Lipinski definition) is 3. The van der Waals surface area contributed by atoms with Crippen molar-refractivity contribution < 1.29 is 31.0 Å². The Morgan fingerprint density at radius 1 is 0.774 bits per heavy atom. The summed E-state index contributed by atoms with van der Waals surface area (Å²) in [6.45, 7) is 0. The largest absolute Gasteiger partial charge is 0.366 e. The van der Waals surface area contributed by atoms with Gasteiger partial charge < -0.3 is 5.11 Å². The van der Waals surface area contributed by atoms with Crippen molar-refractivity contribution in [3.63, 3.8) is 0 Å². The third-order valence-electron chi connectivity index (χ3n) is 5.13. The van der Waals surface area contributed by atoms with Crippen molar-refractivity contribution in [1.29, 1.82) is 0 Å². The number of hydrogen-bond acceptors (Lipinski definition) is 7. The Balaban J connectivity index is 2.09. The van der Waals surface area contributed by atoms with Gasteiger partial charge in [-0.15, -0.1) is 0 Å². The summed E-state index contributed by atoms with van der Waals surface area (Å²) in [7, 11) is -11.0. The lowest BCUT2D eigenvalue weighted by molar-refractivity contribution is 0.104. The van der Waals surface area contributed by atoms with Crippen LogP contribution in [0, 0.1) is 0 Å². The van der Waals surface area contributed by atoms with E-state index in [0.29, 0.717) is 11.5 Å². The minimum Gasteiger partial charge on any atom is -0.366 e. The summed E-state index contributed by atoms with van der Waals surface area (Å²) in [6.07, 6.45) is 1.67. The molecule has 1 aliphatic carbocycles. The SMILES string of the molecule is O=S(=O)(O)C1(O)C=Cc2ccccc2C1(N=Nc1cccc2ccccc12)S(=O)(=O)O. The molecule has 3 aromatic carbocycles. The monoisotopic (exact) mass is 460 g/mol. The van der Waals surface area contributed by atoms with Gasteiger partial charge in [-0.25, -0.2) is 0 Å². The van der Waals surface area contributed by atoms with Gasteiger partial charge in [-0.1, -0.05) is 66.7 Å². The minimum atomic E-state index is -5.53. The first-order chi connectivity index (χ1) is 14.5. The maximum Gasteiger partial charge on any atom is 0.303 e. The second-order valence-corrected chi connectivity index (χ2v) is 10.0. The Labute approximate surface area is 177 Å². The van der Waals surface area contributed by atoms with Crippen molar-refractivity contribution in [1.82, 2.24) is 0 Å². The molecule has 0 saturated carbocycles. The molecule has 2 unspecified atom stereocenters. The molecule has 2 atom stereocenters. The van der Waals surface area contributed by atoms with Crippen LogP contribution in [-0.4, -0.2) is 36.0 Å². The number of nitrogens with zero attached hydrogens (tertiary/aromatic N) is 2. The van der Waals surface area contributed by atoms with Crippen molar-refractivity contribution in [3.05, 3.63) is 83.9 Å². The molecule has 0 bridgehead atoms. The first kappa shape index (κ1) is 21.3. The van der Waals surface area contributed by atoms with E-state index in [4.69, 9.17) is 0 Å². The van der Waals surface area contributed by atoms with Gasteiger partial charge in [0.2, 0.25) is 0 Å². The highest BCUT2D eigenvalue weighted by Gasteiger charge is 2.69. The third-order valence-corrected chi connectivity index (χ3v) is 7.84. The van der Waals surface area contributed by atoms with Gasteiger partial charge in [-0.3, -0.25) is 9.11 Å². The fourth-order valence-corrected chi connectivity index (χ4v) is 6.06. The zero-order valence-corrected chi connectivity index (χ0v) is 17.3. The molecule has 31 heavy (non-hydrogen) atoms. The number of fused-ring (bicyclic) bond motifs is 2. The number of azo groups is 1. The van der Waals surface area contributed by atoms with Crippen LogP contribution in [0.25, 0.3) is 16.8 Å². The van der Waals surface area contributed by atoms with Gasteiger partial charge >= 0.3 is 20.2 Å². The van der Waals surface area contributed by atoms with Crippen LogP contribution in [-0.2, 0) is 25.1 Å². The maximum atomic E-state index is 12.7. The van der Waals surface area contributed by atoms with Crippen molar-refractivity contribution >= 4 is 42.8 Å². The van der Waals surface area contributed by atoms with E-state index >= 15 is 0 Å². The molecule has 9 nitrogen and oxygen atoms in total. The molecular formula is C20H16N2O7S2. The molecule has 160 valence electrons. The lowest BCUT2D eigenvalue weighted by Crippen LogP contribution is -2.59. The zero-order chi connectivity index (χ0) is 22.5. The fourth-order valence-electron chi connectivity index (χ4n) is 3.64. The smallest absolute Gasteiger partial charge is 0.303 e. The number of benzene rings is 3. The van der Waals surface area contributed by atoms with Crippen LogP contribution >= 0.6 is 0 Å². The molecule has 4 rings (SSSR count). The van der Waals surface area contributed by atoms with E-state index < -0.39 is 30.0 Å². The molecule has 0 amide bonds. The fraction of sp³-hybridized carbons (Fsp3) is 0.100. The first-order valence-corrected chi connectivity index (χ1v) is 11.8. The van der Waals surface area contributed by atoms with Crippen LogP contribution in [0.4, 0.5) is 5.69 Å². The molecule has 0 aliphatic heterocycles. The summed E-state index contributed by atoms with van der Waals surface area (Å²) >= 11 is 0. The Morgan fingerprint density at radius 3 is 2.13 bits per heavy atom. The van der Waals surface area contributed by atoms with Gasteiger partial charge in [0.15, 0.2) is 0 Å². The second kappa shape index (κ2) is 7.04. The van der Waals surface area contributed by atoms with Crippen molar-refractivity contribution in [2.75, 3.05) is 0 Å². The lowest BCUT2D eigenvalue weighted by atomic mass is 9.90. The normalized spacial score (nSPS) is 23.8. The second-order valence-electron chi connectivity index (χ2n) is 6.91. The van der Waals surface area contributed by atoms with Crippen molar-refractivity contribution in [2.24, 2.45) is 10.2 Å². The average Bonchev–Trinajstić information content (AvgIpc) is 2.71. The molecule has 3 N–H and O–H groups in total. The molecule has 0 fully saturated rings. The van der Waals surface area contributed by atoms with Crippen molar-refractivity contribution in [2.45, 2.75) is 9.80 Å². The summed E-state index contributed by atoms with van der Waals surface area (Å²) in [4.78, 5) is -6.83. The molecule has 0 heterocycles. The van der Waals surface area contributed by atoms with E-state index in [-0.39, 0.29) is 16.8 Å². The van der Waals surface area contributed by atoms with E-state index in [9.17, 15) is 31.0 Å². The molecule has 0 radical (unpaired) electrons. The Hall–Kier alpha value is -2.96. The topological polar surface area (TPSA) is 154 Å². The third kappa shape index (κ3) is 3.09. The number of rotatable bonds is 4. The molecule has 11 heteroatoms. The van der Waals surface area contributed by atoms with Crippen LogP contribution in [0.5, 0.6) is 0 Å². The summed E-state index contributed by atoms with van der Waals surface area (Å²) < 4.78 is 69.6. The standard InChI is InChI=1S/C20H16N2O7S2/c23-19(30(24,25)26)13-12-15-7-2-4-10-17(15)20(19,31(27,28)29)22-21-18-11-5-8-14-6-1-3-9-16(14)18/h1-13,23H,(H,24,25,26)(H,27,28,29). The quantitative estimate of drug-likeness (QED) is 0.399. The highest BCUT2D eigenvalue weighted by atomic mass is 32.2. The zero-order valence-electron chi connectivity index (χ0n) is 15.7. The van der Waals surface area contributed by atoms with Gasteiger partial charge in [0.1, 0.15) is 0 Å². The molecule has 3 aromatic rings. The Morgan fingerprint density at radius 2 is 1.42 bits per heavy atom. The van der Waals surface area contributed by atoms with Crippen LogP contribution in [0.1, 0.15) is 11.1 Å². The van der Waals surface area contributed by atoms with Crippen LogP contribution < -0.4 is 0 Å². The minimum absolute atomic E-state index is 0.158. The highest BCUT2D eigenvalue weighted by Crippen LogP contribution is 2.50. The molecule has 0 saturated heterocycles. The first-order valence-electron chi connectivity index (χ1n) is 8.87. The van der Waals surface area contributed by atoms with Crippen LogP contribution in [0.3, 0.4) is 0 Å². The van der Waals surface area contributed by atoms with Gasteiger partial charge in [0.05, 0.1) is 5.69 Å². The van der Waals surface area contributed by atoms with Gasteiger partial charge in [-0.05, 0) is 23.1 Å². The van der Waals surface area contributed by atoms with Gasteiger partial charge in [0.25, 0.3) is 9.80 Å². The van der Waals surface area contributed by atoms with E-state index in [2.05, 4.69) is 10.2 Å². The Bertz CT molecular complexity index is 1460. The van der Waals surface area contributed by atoms with E-state index in [1.54, 1.807) is 36.4 Å². The van der Waals surface area contributed by atoms with Gasteiger partial charge in [0, 0.05) is 10.9 Å². The summed E-state index contributed by atoms with van der Waals surface area (Å²) in [6, 6.07) is 17.4. The van der Waals surface area contributed by atoms with E-state index in [1.165, 1.54) is 30.3 Å².